The molecule has 0 unspecified atom stereocenters. The van der Waals surface area contributed by atoms with Crippen molar-refractivity contribution in [1.82, 2.24) is 19.6 Å². The molecule has 2 saturated heterocycles. The van der Waals surface area contributed by atoms with Gasteiger partial charge in [-0.25, -0.2) is 8.70 Å². The minimum atomic E-state index is -0.648. The number of benzene rings is 2. The molecule has 2 aliphatic heterocycles. The van der Waals surface area contributed by atoms with Crippen LogP contribution < -0.4 is 14.8 Å². The van der Waals surface area contributed by atoms with Gasteiger partial charge in [0.2, 0.25) is 0 Å². The number of likely N-dealkylation sites (N-methyl/N-ethyl adjacent to an activating group) is 1. The molecule has 0 aliphatic carbocycles. The van der Waals surface area contributed by atoms with Crippen molar-refractivity contribution in [3.8, 4) is 17.6 Å². The molecular weight excluding hydrogens is 495 g/mol. The fourth-order valence-electron chi connectivity index (χ4n) is 4.32. The van der Waals surface area contributed by atoms with E-state index in [1.807, 2.05) is 6.07 Å². The lowest BCUT2D eigenvalue weighted by molar-refractivity contribution is -0.0190. The molecule has 5 rings (SSSR count). The Morgan fingerprint density at radius 3 is 2.70 bits per heavy atom. The maximum Gasteiger partial charge on any atom is 0.182 e. The van der Waals surface area contributed by atoms with Gasteiger partial charge in [-0.2, -0.15) is 5.26 Å². The van der Waals surface area contributed by atoms with Crippen LogP contribution in [0.1, 0.15) is 31.2 Å². The molecule has 37 heavy (non-hydrogen) atoms. The highest BCUT2D eigenvalue weighted by Gasteiger charge is 2.35. The first-order chi connectivity index (χ1) is 18.0. The van der Waals surface area contributed by atoms with Crippen LogP contribution in [0.3, 0.4) is 0 Å². The summed E-state index contributed by atoms with van der Waals surface area (Å²) in [6, 6.07) is 9.66. The number of halogens is 1. The summed E-state index contributed by atoms with van der Waals surface area (Å²) in [7, 11) is 1.77. The molecule has 3 heterocycles. The summed E-state index contributed by atoms with van der Waals surface area (Å²) in [6.07, 6.45) is 8.17. The van der Waals surface area contributed by atoms with E-state index < -0.39 is 5.82 Å². The van der Waals surface area contributed by atoms with Crippen molar-refractivity contribution in [2.75, 3.05) is 44.6 Å². The largest absolute Gasteiger partial charge is 0.453 e. The Morgan fingerprint density at radius 1 is 1.22 bits per heavy atom. The first-order valence-electron chi connectivity index (χ1n) is 12.2. The zero-order chi connectivity index (χ0) is 26.1. The van der Waals surface area contributed by atoms with Gasteiger partial charge >= 0.3 is 0 Å². The van der Waals surface area contributed by atoms with E-state index in [2.05, 4.69) is 20.0 Å². The highest BCUT2D eigenvalue weighted by Crippen LogP contribution is 2.35. The fourth-order valence-corrected chi connectivity index (χ4v) is 4.92. The van der Waals surface area contributed by atoms with Gasteiger partial charge in [-0.3, -0.25) is 9.97 Å². The maximum atomic E-state index is 14.4. The number of fused-ring (bicyclic) bond motifs is 1. The van der Waals surface area contributed by atoms with Crippen LogP contribution in [0.15, 0.2) is 42.7 Å². The molecular formula is C26H31FN6O3S. The average molecular weight is 527 g/mol. The Morgan fingerprint density at radius 2 is 2.00 bits per heavy atom. The standard InChI is InChI=1S/C18H16FN5O2S.C8H15NO/c1-24(8-9-25)27-23-15-5-3-14(19)18(13(15)11-20)26-12-2-4-16-17(10-12)22-7-6-21-16;1-2-8(10-7-1)3-5-9-6-4-8/h2-7,10,23,25H,8-9H2,1H3;9H,1-7H2. The second-order valence-electron chi connectivity index (χ2n) is 8.87. The Hall–Kier alpha value is -3.01. The molecule has 2 aliphatic rings. The summed E-state index contributed by atoms with van der Waals surface area (Å²) in [4.78, 5) is 8.36. The van der Waals surface area contributed by atoms with Crippen LogP contribution >= 0.6 is 12.1 Å². The first-order valence-corrected chi connectivity index (χ1v) is 13.0. The third-order valence-corrected chi connectivity index (χ3v) is 7.11. The molecule has 0 atom stereocenters. The quantitative estimate of drug-likeness (QED) is 0.386. The summed E-state index contributed by atoms with van der Waals surface area (Å²) in [5.41, 5.74) is 2.04. The number of ether oxygens (including phenoxy) is 2. The minimum absolute atomic E-state index is 0.00107. The lowest BCUT2D eigenvalue weighted by Gasteiger charge is -2.32. The van der Waals surface area contributed by atoms with Gasteiger partial charge in [-0.15, -0.1) is 0 Å². The predicted octanol–water partition coefficient (Wildman–Crippen LogP) is 4.25. The third-order valence-electron chi connectivity index (χ3n) is 6.31. The van der Waals surface area contributed by atoms with Gasteiger partial charge in [0.1, 0.15) is 17.4 Å². The molecule has 2 fully saturated rings. The van der Waals surface area contributed by atoms with Gasteiger partial charge in [0.05, 0.1) is 28.9 Å². The fraction of sp³-hybridized carbons (Fsp3) is 0.423. The van der Waals surface area contributed by atoms with Crippen molar-refractivity contribution < 1.29 is 19.0 Å². The van der Waals surface area contributed by atoms with Crippen LogP contribution in [0.2, 0.25) is 0 Å². The highest BCUT2D eigenvalue weighted by atomic mass is 32.2. The van der Waals surface area contributed by atoms with Crippen LogP contribution in [0.4, 0.5) is 10.1 Å². The Bertz CT molecular complexity index is 1230. The number of aromatic nitrogens is 2. The number of anilines is 1. The zero-order valence-corrected chi connectivity index (χ0v) is 21.6. The van der Waals surface area contributed by atoms with Crippen molar-refractivity contribution in [2.45, 2.75) is 31.3 Å². The van der Waals surface area contributed by atoms with Crippen LogP contribution in [-0.2, 0) is 4.74 Å². The number of hydrogen-bond donors (Lipinski definition) is 3. The van der Waals surface area contributed by atoms with E-state index >= 15 is 0 Å². The molecule has 0 saturated carbocycles. The van der Waals surface area contributed by atoms with Crippen molar-refractivity contribution in [3.63, 3.8) is 0 Å². The van der Waals surface area contributed by atoms with Gasteiger partial charge < -0.3 is 24.6 Å². The van der Waals surface area contributed by atoms with Gasteiger partial charge in [-0.1, -0.05) is 0 Å². The molecule has 3 N–H and O–H groups in total. The second kappa shape index (κ2) is 13.0. The Labute approximate surface area is 220 Å². The van der Waals surface area contributed by atoms with E-state index in [4.69, 9.17) is 14.6 Å². The molecule has 196 valence electrons. The second-order valence-corrected chi connectivity index (χ2v) is 9.88. The highest BCUT2D eigenvalue weighted by molar-refractivity contribution is 7.98. The van der Waals surface area contributed by atoms with Gasteiger partial charge in [0, 0.05) is 43.7 Å². The Kier molecular flexibility index (Phi) is 9.49. The maximum absolute atomic E-state index is 14.4. The number of piperidine rings is 1. The number of hydrogen-bond acceptors (Lipinski definition) is 10. The van der Waals surface area contributed by atoms with Crippen LogP contribution in [0.5, 0.6) is 11.5 Å². The molecule has 1 spiro atoms. The lowest BCUT2D eigenvalue weighted by Crippen LogP contribution is -2.41. The van der Waals surface area contributed by atoms with Gasteiger partial charge in [0.25, 0.3) is 0 Å². The molecule has 0 radical (unpaired) electrons. The number of nitriles is 1. The Balaban J connectivity index is 0.000000265. The summed E-state index contributed by atoms with van der Waals surface area (Å²) in [5.74, 6) is -0.471. The third kappa shape index (κ3) is 7.06. The summed E-state index contributed by atoms with van der Waals surface area (Å²) in [5, 5.41) is 21.8. The van der Waals surface area contributed by atoms with E-state index in [1.54, 1.807) is 41.9 Å². The van der Waals surface area contributed by atoms with Crippen molar-refractivity contribution in [2.24, 2.45) is 0 Å². The SMILES string of the molecule is C1COC2(C1)CCNCC2.CN(CCO)SNc1ccc(F)c(Oc2ccc3nccnc3c2)c1C#N. The zero-order valence-electron chi connectivity index (χ0n) is 20.7. The summed E-state index contributed by atoms with van der Waals surface area (Å²) >= 11 is 1.18. The van der Waals surface area contributed by atoms with E-state index in [0.29, 0.717) is 34.6 Å². The van der Waals surface area contributed by atoms with Crippen molar-refractivity contribution in [3.05, 3.63) is 54.1 Å². The van der Waals surface area contributed by atoms with E-state index in [0.717, 1.165) is 19.7 Å². The average Bonchev–Trinajstić information content (AvgIpc) is 3.37. The van der Waals surface area contributed by atoms with Gasteiger partial charge in [-0.05, 0) is 70.1 Å². The van der Waals surface area contributed by atoms with E-state index in [-0.39, 0.29) is 17.9 Å². The molecule has 1 aromatic heterocycles. The van der Waals surface area contributed by atoms with E-state index in [9.17, 15) is 9.65 Å². The summed E-state index contributed by atoms with van der Waals surface area (Å²) < 4.78 is 30.5. The monoisotopic (exact) mass is 526 g/mol. The number of rotatable bonds is 7. The number of aliphatic hydroxyl groups is 1. The molecule has 11 heteroatoms. The van der Waals surface area contributed by atoms with Crippen molar-refractivity contribution >= 4 is 28.9 Å². The normalized spacial score (nSPS) is 16.3. The van der Waals surface area contributed by atoms with E-state index in [1.165, 1.54) is 49.9 Å². The first kappa shape index (κ1) is 27.0. The number of aliphatic hydroxyl groups excluding tert-OH is 1. The van der Waals surface area contributed by atoms with Crippen LogP contribution in [0.25, 0.3) is 11.0 Å². The summed E-state index contributed by atoms with van der Waals surface area (Å²) in [6.45, 7) is 3.74. The minimum Gasteiger partial charge on any atom is -0.453 e. The molecule has 0 amide bonds. The molecule has 9 nitrogen and oxygen atoms in total. The van der Waals surface area contributed by atoms with Crippen molar-refractivity contribution in [1.29, 1.82) is 5.26 Å². The van der Waals surface area contributed by atoms with Gasteiger partial charge in [0.15, 0.2) is 11.6 Å². The van der Waals surface area contributed by atoms with Crippen LogP contribution in [-0.4, -0.2) is 64.9 Å². The smallest absolute Gasteiger partial charge is 0.182 e. The molecule has 3 aromatic rings. The topological polar surface area (TPSA) is 116 Å². The van der Waals surface area contributed by atoms with Crippen LogP contribution in [0, 0.1) is 17.1 Å². The lowest BCUT2D eigenvalue weighted by atomic mass is 9.90. The molecule has 2 aromatic carbocycles. The number of nitrogens with zero attached hydrogens (tertiary/aromatic N) is 4. The molecule has 0 bridgehead atoms. The number of nitrogens with one attached hydrogen (secondary N) is 2. The predicted molar refractivity (Wildman–Crippen MR) is 142 cm³/mol.